The van der Waals surface area contributed by atoms with Gasteiger partial charge in [-0.05, 0) is 45.7 Å². The molecule has 0 radical (unpaired) electrons. The van der Waals surface area contributed by atoms with Gasteiger partial charge in [-0.2, -0.15) is 4.57 Å². The molecule has 194 valence electrons. The standard InChI is InChI=1S/C25H30N.C7H8O3S/c1-24(2,3)20-12-10-19(11-13-20)23-9-7-8-18-26(23)22-16-14-21(15-17-22)25(4,5)6;8-11(9,10)6-7-4-2-1-3-5-7/h7-18H,1-6H3;1-5H,6H2,(H,8,9,10)/q+1;/p-1. The van der Waals surface area contributed by atoms with Crippen molar-refractivity contribution in [2.24, 2.45) is 0 Å². The molecule has 4 nitrogen and oxygen atoms in total. The van der Waals surface area contributed by atoms with Gasteiger partial charge in [-0.1, -0.05) is 96.1 Å². The molecule has 4 rings (SSSR count). The molecule has 4 aromatic rings. The van der Waals surface area contributed by atoms with E-state index in [9.17, 15) is 13.0 Å². The highest BCUT2D eigenvalue weighted by Crippen LogP contribution is 2.26. The first-order valence-corrected chi connectivity index (χ1v) is 14.0. The number of aromatic nitrogens is 1. The largest absolute Gasteiger partial charge is 0.748 e. The van der Waals surface area contributed by atoms with E-state index in [1.165, 1.54) is 28.1 Å². The summed E-state index contributed by atoms with van der Waals surface area (Å²) in [5.41, 5.74) is 7.22. The van der Waals surface area contributed by atoms with E-state index in [1.54, 1.807) is 30.3 Å². The van der Waals surface area contributed by atoms with Crippen LogP contribution in [0.2, 0.25) is 0 Å². The summed E-state index contributed by atoms with van der Waals surface area (Å²) in [5.74, 6) is -0.423. The lowest BCUT2D eigenvalue weighted by molar-refractivity contribution is -0.584. The topological polar surface area (TPSA) is 61.1 Å². The third kappa shape index (κ3) is 8.38. The molecule has 0 N–H and O–H groups in total. The molecular weight excluding hydrogens is 478 g/mol. The number of hydrogen-bond donors (Lipinski definition) is 0. The fourth-order valence-electron chi connectivity index (χ4n) is 3.94. The molecule has 0 saturated carbocycles. The quantitative estimate of drug-likeness (QED) is 0.218. The summed E-state index contributed by atoms with van der Waals surface area (Å²) in [4.78, 5) is 0. The Morgan fingerprint density at radius 1 is 0.649 bits per heavy atom. The monoisotopic (exact) mass is 515 g/mol. The Labute approximate surface area is 222 Å². The molecule has 0 saturated heterocycles. The minimum atomic E-state index is -4.13. The van der Waals surface area contributed by atoms with E-state index < -0.39 is 15.9 Å². The van der Waals surface area contributed by atoms with E-state index >= 15 is 0 Å². The number of rotatable bonds is 4. The van der Waals surface area contributed by atoms with Crippen LogP contribution in [0.5, 0.6) is 0 Å². The zero-order valence-electron chi connectivity index (χ0n) is 22.6. The molecule has 0 amide bonds. The van der Waals surface area contributed by atoms with Crippen molar-refractivity contribution in [1.82, 2.24) is 0 Å². The summed E-state index contributed by atoms with van der Waals surface area (Å²) in [6.45, 7) is 13.5. The second-order valence-electron chi connectivity index (χ2n) is 11.3. The first-order chi connectivity index (χ1) is 17.2. The molecule has 37 heavy (non-hydrogen) atoms. The second kappa shape index (κ2) is 11.4. The molecule has 0 unspecified atom stereocenters. The summed E-state index contributed by atoms with van der Waals surface area (Å²) >= 11 is 0. The van der Waals surface area contributed by atoms with E-state index in [0.717, 1.165) is 0 Å². The molecule has 0 bridgehead atoms. The van der Waals surface area contributed by atoms with Crippen molar-refractivity contribution in [3.8, 4) is 16.9 Å². The minimum absolute atomic E-state index is 0.172. The highest BCUT2D eigenvalue weighted by molar-refractivity contribution is 7.84. The average Bonchev–Trinajstić information content (AvgIpc) is 2.83. The minimum Gasteiger partial charge on any atom is -0.748 e. The van der Waals surface area contributed by atoms with Gasteiger partial charge in [0, 0.05) is 29.8 Å². The molecule has 0 spiro atoms. The lowest BCUT2D eigenvalue weighted by Gasteiger charge is -2.19. The third-order valence-corrected chi connectivity index (χ3v) is 6.79. The first kappa shape index (κ1) is 28.3. The molecule has 1 aromatic heterocycles. The van der Waals surface area contributed by atoms with Crippen molar-refractivity contribution in [2.75, 3.05) is 0 Å². The van der Waals surface area contributed by atoms with Crippen LogP contribution in [0.15, 0.2) is 103 Å². The van der Waals surface area contributed by atoms with Crippen LogP contribution < -0.4 is 4.57 Å². The molecule has 0 atom stereocenters. The van der Waals surface area contributed by atoms with Crippen molar-refractivity contribution in [2.45, 2.75) is 58.1 Å². The van der Waals surface area contributed by atoms with Crippen molar-refractivity contribution >= 4 is 10.1 Å². The molecule has 0 aliphatic carbocycles. The lowest BCUT2D eigenvalue weighted by Crippen LogP contribution is -2.32. The van der Waals surface area contributed by atoms with Gasteiger partial charge >= 0.3 is 0 Å². The van der Waals surface area contributed by atoms with Gasteiger partial charge in [-0.3, -0.25) is 0 Å². The Morgan fingerprint density at radius 3 is 1.62 bits per heavy atom. The first-order valence-electron chi connectivity index (χ1n) is 12.4. The van der Waals surface area contributed by atoms with E-state index in [1.807, 2.05) is 0 Å². The number of nitrogens with zero attached hydrogens (tertiary/aromatic N) is 1. The number of hydrogen-bond acceptors (Lipinski definition) is 3. The second-order valence-corrected chi connectivity index (χ2v) is 12.7. The van der Waals surface area contributed by atoms with Gasteiger partial charge in [0.05, 0.1) is 15.9 Å². The summed E-state index contributed by atoms with van der Waals surface area (Å²) in [7, 11) is -4.13. The summed E-state index contributed by atoms with van der Waals surface area (Å²) in [5, 5.41) is 0. The Bertz CT molecular complexity index is 1320. The van der Waals surface area contributed by atoms with Crippen molar-refractivity contribution < 1.29 is 17.5 Å². The zero-order valence-corrected chi connectivity index (χ0v) is 23.4. The predicted octanol–water partition coefficient (Wildman–Crippen LogP) is 6.96. The van der Waals surface area contributed by atoms with Crippen LogP contribution in [0.4, 0.5) is 0 Å². The zero-order chi connectivity index (χ0) is 27.3. The van der Waals surface area contributed by atoms with Crippen LogP contribution in [0.1, 0.15) is 58.2 Å². The maximum absolute atomic E-state index is 10.2. The number of benzene rings is 3. The van der Waals surface area contributed by atoms with Gasteiger partial charge in [-0.25, -0.2) is 8.42 Å². The van der Waals surface area contributed by atoms with Crippen LogP contribution in [0, 0.1) is 0 Å². The number of pyridine rings is 1. The van der Waals surface area contributed by atoms with Crippen molar-refractivity contribution in [3.63, 3.8) is 0 Å². The Kier molecular flexibility index (Phi) is 8.72. The normalized spacial score (nSPS) is 12.0. The molecule has 5 heteroatoms. The predicted molar refractivity (Wildman–Crippen MR) is 151 cm³/mol. The smallest absolute Gasteiger partial charge is 0.218 e. The van der Waals surface area contributed by atoms with Crippen LogP contribution in [0.3, 0.4) is 0 Å². The molecule has 0 fully saturated rings. The summed E-state index contributed by atoms with van der Waals surface area (Å²) < 4.78 is 33.0. The average molecular weight is 516 g/mol. The van der Waals surface area contributed by atoms with Crippen molar-refractivity contribution in [1.29, 1.82) is 0 Å². The maximum atomic E-state index is 10.2. The van der Waals surface area contributed by atoms with Crippen LogP contribution >= 0.6 is 0 Å². The van der Waals surface area contributed by atoms with Gasteiger partial charge < -0.3 is 4.55 Å². The van der Waals surface area contributed by atoms with Crippen LogP contribution in [-0.4, -0.2) is 13.0 Å². The van der Waals surface area contributed by atoms with E-state index in [-0.39, 0.29) is 10.8 Å². The molecule has 0 aliphatic rings. The van der Waals surface area contributed by atoms with Crippen LogP contribution in [-0.2, 0) is 26.7 Å². The maximum Gasteiger partial charge on any atom is 0.218 e. The van der Waals surface area contributed by atoms with Gasteiger partial charge in [0.25, 0.3) is 0 Å². The Hall–Kier alpha value is -3.28. The lowest BCUT2D eigenvalue weighted by atomic mass is 9.86. The van der Waals surface area contributed by atoms with Gasteiger partial charge in [0.2, 0.25) is 11.4 Å². The van der Waals surface area contributed by atoms with Gasteiger partial charge in [-0.15, -0.1) is 0 Å². The Morgan fingerprint density at radius 2 is 1.14 bits per heavy atom. The van der Waals surface area contributed by atoms with Gasteiger partial charge in [0.15, 0.2) is 6.20 Å². The van der Waals surface area contributed by atoms with Gasteiger partial charge in [0.1, 0.15) is 0 Å². The van der Waals surface area contributed by atoms with E-state index in [0.29, 0.717) is 5.56 Å². The van der Waals surface area contributed by atoms with E-state index in [4.69, 9.17) is 0 Å². The summed E-state index contributed by atoms with van der Waals surface area (Å²) in [6, 6.07) is 32.6. The van der Waals surface area contributed by atoms with Crippen molar-refractivity contribution in [3.05, 3.63) is 120 Å². The highest BCUT2D eigenvalue weighted by Gasteiger charge is 2.19. The highest BCUT2D eigenvalue weighted by atomic mass is 32.2. The summed E-state index contributed by atoms with van der Waals surface area (Å²) in [6.07, 6.45) is 2.14. The molecule has 3 aromatic carbocycles. The van der Waals surface area contributed by atoms with Crippen LogP contribution in [0.25, 0.3) is 16.9 Å². The molecule has 0 aliphatic heterocycles. The third-order valence-electron chi connectivity index (χ3n) is 6.10. The molecule has 1 heterocycles. The molecular formula is C32H37NO3S. The van der Waals surface area contributed by atoms with E-state index in [2.05, 4.69) is 119 Å². The fraction of sp³-hybridized carbons (Fsp3) is 0.281. The fourth-order valence-corrected chi connectivity index (χ4v) is 4.55. The SMILES string of the molecule is CC(C)(C)c1ccc(-c2cccc[n+]2-c2ccc(C(C)(C)C)cc2)cc1.O=S(=O)([O-])Cc1ccccc1. The Balaban J connectivity index is 0.000000289.